The lowest BCUT2D eigenvalue weighted by molar-refractivity contribution is -0.120. The number of benzene rings is 1. The van der Waals surface area contributed by atoms with Gasteiger partial charge in [-0.1, -0.05) is 12.1 Å². The Morgan fingerprint density at radius 1 is 1.33 bits per heavy atom. The molecule has 8 heteroatoms. The third-order valence-electron chi connectivity index (χ3n) is 5.08. The molecule has 2 aromatic rings. The molecule has 1 atom stereocenters. The Morgan fingerprint density at radius 2 is 2.11 bits per heavy atom. The SMILES string of the molecule is CN1C(=O)[C@@H](NC(=O)c2nccc(C3(O)CCC3)n2)COc2ccccc21. The van der Waals surface area contributed by atoms with Gasteiger partial charge in [-0.3, -0.25) is 9.59 Å². The van der Waals surface area contributed by atoms with E-state index in [0.29, 0.717) is 30.0 Å². The van der Waals surface area contributed by atoms with Crippen LogP contribution in [0.3, 0.4) is 0 Å². The Labute approximate surface area is 156 Å². The van der Waals surface area contributed by atoms with E-state index in [1.54, 1.807) is 25.2 Å². The molecule has 4 rings (SSSR count). The van der Waals surface area contributed by atoms with Crippen LogP contribution in [0.4, 0.5) is 5.69 Å². The van der Waals surface area contributed by atoms with Crippen LogP contribution in [0.15, 0.2) is 36.5 Å². The number of hydrogen-bond acceptors (Lipinski definition) is 6. The fourth-order valence-electron chi connectivity index (χ4n) is 3.27. The summed E-state index contributed by atoms with van der Waals surface area (Å²) < 4.78 is 5.69. The van der Waals surface area contributed by atoms with Crippen LogP contribution >= 0.6 is 0 Å². The molecule has 1 aliphatic heterocycles. The maximum absolute atomic E-state index is 12.7. The number of rotatable bonds is 3. The Morgan fingerprint density at radius 3 is 2.85 bits per heavy atom. The maximum Gasteiger partial charge on any atom is 0.289 e. The average Bonchev–Trinajstić information content (AvgIpc) is 2.78. The Balaban J connectivity index is 1.52. The summed E-state index contributed by atoms with van der Waals surface area (Å²) in [4.78, 5) is 34.9. The van der Waals surface area contributed by atoms with Crippen LogP contribution in [0, 0.1) is 0 Å². The number of anilines is 1. The monoisotopic (exact) mass is 368 g/mol. The van der Waals surface area contributed by atoms with Crippen LogP contribution < -0.4 is 15.0 Å². The molecule has 8 nitrogen and oxygen atoms in total. The maximum atomic E-state index is 12.7. The van der Waals surface area contributed by atoms with Crippen LogP contribution in [0.5, 0.6) is 5.75 Å². The summed E-state index contributed by atoms with van der Waals surface area (Å²) in [5, 5.41) is 13.1. The molecular formula is C19H20N4O4. The molecule has 0 radical (unpaired) electrons. The van der Waals surface area contributed by atoms with Crippen molar-refractivity contribution >= 4 is 17.5 Å². The number of aliphatic hydroxyl groups is 1. The Hall–Kier alpha value is -3.00. The number of para-hydroxylation sites is 2. The zero-order valence-electron chi connectivity index (χ0n) is 14.9. The molecule has 0 bridgehead atoms. The second-order valence-corrected chi connectivity index (χ2v) is 6.85. The molecule has 0 saturated heterocycles. The van der Waals surface area contributed by atoms with Crippen molar-refractivity contribution in [1.82, 2.24) is 15.3 Å². The molecule has 2 N–H and O–H groups in total. The van der Waals surface area contributed by atoms with E-state index in [9.17, 15) is 14.7 Å². The summed E-state index contributed by atoms with van der Waals surface area (Å²) >= 11 is 0. The van der Waals surface area contributed by atoms with Gasteiger partial charge < -0.3 is 20.1 Å². The number of carbonyl (C=O) groups is 2. The van der Waals surface area contributed by atoms with Gasteiger partial charge in [-0.15, -0.1) is 0 Å². The lowest BCUT2D eigenvalue weighted by Crippen LogP contribution is -2.49. The molecule has 0 spiro atoms. The van der Waals surface area contributed by atoms with E-state index in [2.05, 4.69) is 15.3 Å². The molecule has 1 fully saturated rings. The van der Waals surface area contributed by atoms with Crippen LogP contribution in [0.2, 0.25) is 0 Å². The summed E-state index contributed by atoms with van der Waals surface area (Å²) in [5.41, 5.74) is 0.0905. The van der Waals surface area contributed by atoms with Crippen molar-refractivity contribution < 1.29 is 19.4 Å². The van der Waals surface area contributed by atoms with Gasteiger partial charge in [-0.2, -0.15) is 0 Å². The highest BCUT2D eigenvalue weighted by Gasteiger charge is 2.38. The number of amides is 2. The Kier molecular flexibility index (Phi) is 4.27. The first-order valence-electron chi connectivity index (χ1n) is 8.84. The predicted octanol–water partition coefficient (Wildman–Crippen LogP) is 1.00. The lowest BCUT2D eigenvalue weighted by Gasteiger charge is -2.35. The zero-order valence-corrected chi connectivity index (χ0v) is 14.9. The van der Waals surface area contributed by atoms with Crippen LogP contribution in [0.25, 0.3) is 0 Å². The summed E-state index contributed by atoms with van der Waals surface area (Å²) in [6.07, 6.45) is 3.59. The number of carbonyl (C=O) groups excluding carboxylic acids is 2. The number of likely N-dealkylation sites (N-methyl/N-ethyl adjacent to an activating group) is 1. The second kappa shape index (κ2) is 6.62. The van der Waals surface area contributed by atoms with Crippen molar-refractivity contribution in [3.8, 4) is 5.75 Å². The van der Waals surface area contributed by atoms with E-state index in [-0.39, 0.29) is 18.3 Å². The number of nitrogens with one attached hydrogen (secondary N) is 1. The fourth-order valence-corrected chi connectivity index (χ4v) is 3.27. The molecule has 2 amide bonds. The Bertz CT molecular complexity index is 897. The van der Waals surface area contributed by atoms with Gasteiger partial charge in [0.1, 0.15) is 24.0 Å². The highest BCUT2D eigenvalue weighted by Crippen LogP contribution is 2.39. The molecule has 27 heavy (non-hydrogen) atoms. The van der Waals surface area contributed by atoms with Crippen LogP contribution in [-0.4, -0.2) is 46.6 Å². The fraction of sp³-hybridized carbons (Fsp3) is 0.368. The van der Waals surface area contributed by atoms with Gasteiger partial charge in [-0.05, 0) is 37.5 Å². The van der Waals surface area contributed by atoms with E-state index in [1.807, 2.05) is 12.1 Å². The van der Waals surface area contributed by atoms with E-state index >= 15 is 0 Å². The minimum Gasteiger partial charge on any atom is -0.489 e. The molecule has 1 saturated carbocycles. The van der Waals surface area contributed by atoms with E-state index in [0.717, 1.165) is 6.42 Å². The summed E-state index contributed by atoms with van der Waals surface area (Å²) in [6, 6.07) is 7.93. The van der Waals surface area contributed by atoms with Crippen LogP contribution in [0.1, 0.15) is 35.6 Å². The number of hydrogen-bond donors (Lipinski definition) is 2. The minimum atomic E-state index is -0.985. The molecule has 1 aliphatic carbocycles. The van der Waals surface area contributed by atoms with Gasteiger partial charge in [0.15, 0.2) is 0 Å². The van der Waals surface area contributed by atoms with Gasteiger partial charge in [0.05, 0.1) is 11.4 Å². The smallest absolute Gasteiger partial charge is 0.289 e. The van der Waals surface area contributed by atoms with Crippen molar-refractivity contribution in [3.05, 3.63) is 48.0 Å². The number of aromatic nitrogens is 2. The van der Waals surface area contributed by atoms with Crippen molar-refractivity contribution in [2.45, 2.75) is 30.9 Å². The normalized spacial score (nSPS) is 20.7. The third kappa shape index (κ3) is 3.12. The topological polar surface area (TPSA) is 105 Å². The quantitative estimate of drug-likeness (QED) is 0.838. The predicted molar refractivity (Wildman–Crippen MR) is 96.4 cm³/mol. The zero-order chi connectivity index (χ0) is 19.0. The standard InChI is InChI=1S/C19H20N4O4/c1-23-13-5-2-3-6-14(13)27-11-12(18(23)25)21-17(24)16-20-10-7-15(22-16)19(26)8-4-9-19/h2-3,5-7,10,12,26H,4,8-9,11H2,1H3,(H,21,24)/t12-/m0/s1. The third-order valence-corrected chi connectivity index (χ3v) is 5.08. The van der Waals surface area contributed by atoms with Gasteiger partial charge >= 0.3 is 0 Å². The minimum absolute atomic E-state index is 0.00948. The highest BCUT2D eigenvalue weighted by atomic mass is 16.5. The summed E-state index contributed by atoms with van der Waals surface area (Å²) in [5.74, 6) is -0.372. The first-order valence-corrected chi connectivity index (χ1v) is 8.84. The molecule has 1 aromatic heterocycles. The van der Waals surface area contributed by atoms with Gasteiger partial charge in [0.2, 0.25) is 5.82 Å². The van der Waals surface area contributed by atoms with E-state index in [4.69, 9.17) is 4.74 Å². The lowest BCUT2D eigenvalue weighted by atomic mass is 9.78. The van der Waals surface area contributed by atoms with Crippen LogP contribution in [-0.2, 0) is 10.4 Å². The molecule has 2 aliphatic rings. The van der Waals surface area contributed by atoms with Crippen molar-refractivity contribution in [2.75, 3.05) is 18.6 Å². The number of fused-ring (bicyclic) bond motifs is 1. The second-order valence-electron chi connectivity index (χ2n) is 6.85. The molecule has 1 aromatic carbocycles. The largest absolute Gasteiger partial charge is 0.489 e. The summed E-state index contributed by atoms with van der Waals surface area (Å²) in [6.45, 7) is 0.00948. The van der Waals surface area contributed by atoms with E-state index in [1.165, 1.54) is 11.1 Å². The summed E-state index contributed by atoms with van der Waals surface area (Å²) in [7, 11) is 1.64. The molecule has 0 unspecified atom stereocenters. The first kappa shape index (κ1) is 17.4. The van der Waals surface area contributed by atoms with Gasteiger partial charge in [0.25, 0.3) is 11.8 Å². The number of nitrogens with zero attached hydrogens (tertiary/aromatic N) is 3. The van der Waals surface area contributed by atoms with Gasteiger partial charge in [0, 0.05) is 13.2 Å². The molecule has 2 heterocycles. The highest BCUT2D eigenvalue weighted by molar-refractivity contribution is 6.02. The van der Waals surface area contributed by atoms with Crippen molar-refractivity contribution in [2.24, 2.45) is 0 Å². The van der Waals surface area contributed by atoms with Crippen molar-refractivity contribution in [3.63, 3.8) is 0 Å². The molecular weight excluding hydrogens is 348 g/mol. The van der Waals surface area contributed by atoms with Crippen molar-refractivity contribution in [1.29, 1.82) is 0 Å². The first-order chi connectivity index (χ1) is 13.0. The average molecular weight is 368 g/mol. The molecule has 140 valence electrons. The van der Waals surface area contributed by atoms with E-state index < -0.39 is 17.6 Å². The van der Waals surface area contributed by atoms with Gasteiger partial charge in [-0.25, -0.2) is 9.97 Å². The number of ether oxygens (including phenoxy) is 1.